The Balaban J connectivity index is 2.12. The Labute approximate surface area is 98.7 Å². The number of rotatable bonds is 6. The minimum Gasteiger partial charge on any atom is -0.355 e. The molecular formula is C13H24N2O. The van der Waals surface area contributed by atoms with Crippen LogP contribution >= 0.6 is 0 Å². The number of carbonyl (C=O) groups excluding carboxylic acids is 1. The van der Waals surface area contributed by atoms with Gasteiger partial charge in [-0.3, -0.25) is 4.79 Å². The molecule has 1 saturated carbocycles. The van der Waals surface area contributed by atoms with E-state index in [1.54, 1.807) is 6.08 Å². The van der Waals surface area contributed by atoms with Gasteiger partial charge in [-0.1, -0.05) is 32.3 Å². The summed E-state index contributed by atoms with van der Waals surface area (Å²) in [7, 11) is 0. The third kappa shape index (κ3) is 4.79. The minimum absolute atomic E-state index is 0.0969. The summed E-state index contributed by atoms with van der Waals surface area (Å²) in [4.78, 5) is 11.5. The summed E-state index contributed by atoms with van der Waals surface area (Å²) in [6.07, 6.45) is 7.01. The Morgan fingerprint density at radius 2 is 2.19 bits per heavy atom. The number of amides is 1. The maximum absolute atomic E-state index is 11.5. The molecule has 92 valence electrons. The lowest BCUT2D eigenvalue weighted by Gasteiger charge is -2.28. The molecule has 1 rings (SSSR count). The van der Waals surface area contributed by atoms with Gasteiger partial charge in [0.05, 0.1) is 6.54 Å². The van der Waals surface area contributed by atoms with Crippen LogP contribution in [-0.2, 0) is 4.79 Å². The highest BCUT2D eigenvalue weighted by molar-refractivity contribution is 5.77. The molecule has 1 amide bonds. The predicted molar refractivity (Wildman–Crippen MR) is 67.2 cm³/mol. The fourth-order valence-corrected chi connectivity index (χ4v) is 2.29. The molecule has 2 N–H and O–H groups in total. The summed E-state index contributed by atoms with van der Waals surface area (Å²) in [5.74, 6) is 1.53. The van der Waals surface area contributed by atoms with Crippen molar-refractivity contribution in [2.45, 2.75) is 32.6 Å². The lowest BCUT2D eigenvalue weighted by molar-refractivity contribution is -0.120. The first-order chi connectivity index (χ1) is 7.74. The van der Waals surface area contributed by atoms with Gasteiger partial charge in [0.2, 0.25) is 5.91 Å². The molecule has 0 saturated heterocycles. The molecule has 2 atom stereocenters. The van der Waals surface area contributed by atoms with E-state index in [9.17, 15) is 4.79 Å². The summed E-state index contributed by atoms with van der Waals surface area (Å²) in [6, 6.07) is 0. The number of hydrogen-bond acceptors (Lipinski definition) is 2. The third-order valence-corrected chi connectivity index (χ3v) is 3.42. The molecule has 0 aromatic heterocycles. The quantitative estimate of drug-likeness (QED) is 0.532. The Morgan fingerprint density at radius 1 is 1.44 bits per heavy atom. The zero-order valence-corrected chi connectivity index (χ0v) is 10.3. The average Bonchev–Trinajstić information content (AvgIpc) is 2.28. The predicted octanol–water partition coefficient (Wildman–Crippen LogP) is 1.70. The van der Waals surface area contributed by atoms with E-state index in [0.717, 1.165) is 12.5 Å². The van der Waals surface area contributed by atoms with E-state index in [-0.39, 0.29) is 5.91 Å². The van der Waals surface area contributed by atoms with Crippen LogP contribution in [0.1, 0.15) is 32.6 Å². The first-order valence-corrected chi connectivity index (χ1v) is 6.32. The van der Waals surface area contributed by atoms with Crippen molar-refractivity contribution >= 4 is 5.91 Å². The van der Waals surface area contributed by atoms with E-state index in [0.29, 0.717) is 19.0 Å². The second kappa shape index (κ2) is 7.44. The van der Waals surface area contributed by atoms with Crippen molar-refractivity contribution in [2.75, 3.05) is 19.6 Å². The maximum Gasteiger partial charge on any atom is 0.233 e. The van der Waals surface area contributed by atoms with Gasteiger partial charge in [0.1, 0.15) is 0 Å². The first kappa shape index (κ1) is 13.2. The second-order valence-corrected chi connectivity index (χ2v) is 4.75. The molecule has 2 unspecified atom stereocenters. The SMILES string of the molecule is C=CCNCC(=O)NCC1CCCCC1C. The second-order valence-electron chi connectivity index (χ2n) is 4.75. The lowest BCUT2D eigenvalue weighted by atomic mass is 9.80. The highest BCUT2D eigenvalue weighted by Crippen LogP contribution is 2.28. The summed E-state index contributed by atoms with van der Waals surface area (Å²) >= 11 is 0. The number of nitrogens with one attached hydrogen (secondary N) is 2. The van der Waals surface area contributed by atoms with E-state index in [1.807, 2.05) is 0 Å². The average molecular weight is 224 g/mol. The zero-order valence-electron chi connectivity index (χ0n) is 10.3. The molecule has 0 heterocycles. The van der Waals surface area contributed by atoms with Crippen LogP contribution in [0.2, 0.25) is 0 Å². The number of carbonyl (C=O) groups is 1. The Morgan fingerprint density at radius 3 is 2.88 bits per heavy atom. The summed E-state index contributed by atoms with van der Waals surface area (Å²) in [5.41, 5.74) is 0. The van der Waals surface area contributed by atoms with Crippen molar-refractivity contribution in [1.29, 1.82) is 0 Å². The van der Waals surface area contributed by atoms with Crippen molar-refractivity contribution < 1.29 is 4.79 Å². The van der Waals surface area contributed by atoms with Crippen molar-refractivity contribution in [3.63, 3.8) is 0 Å². The van der Waals surface area contributed by atoms with E-state index >= 15 is 0 Å². The Kier molecular flexibility index (Phi) is 6.16. The Hall–Kier alpha value is -0.830. The fraction of sp³-hybridized carbons (Fsp3) is 0.769. The van der Waals surface area contributed by atoms with Crippen LogP contribution in [0.3, 0.4) is 0 Å². The molecule has 1 aliphatic carbocycles. The van der Waals surface area contributed by atoms with Crippen molar-refractivity contribution in [3.05, 3.63) is 12.7 Å². The van der Waals surface area contributed by atoms with Gasteiger partial charge in [-0.05, 0) is 18.3 Å². The largest absolute Gasteiger partial charge is 0.355 e. The van der Waals surface area contributed by atoms with Crippen molar-refractivity contribution in [3.8, 4) is 0 Å². The lowest BCUT2D eigenvalue weighted by Crippen LogP contribution is -2.38. The van der Waals surface area contributed by atoms with Crippen molar-refractivity contribution in [1.82, 2.24) is 10.6 Å². The molecule has 0 aromatic carbocycles. The zero-order chi connectivity index (χ0) is 11.8. The van der Waals surface area contributed by atoms with Gasteiger partial charge in [-0.15, -0.1) is 6.58 Å². The van der Waals surface area contributed by atoms with E-state index < -0.39 is 0 Å². The van der Waals surface area contributed by atoms with Crippen LogP contribution in [0.25, 0.3) is 0 Å². The normalized spacial score (nSPS) is 25.1. The van der Waals surface area contributed by atoms with Gasteiger partial charge in [-0.2, -0.15) is 0 Å². The molecular weight excluding hydrogens is 200 g/mol. The van der Waals surface area contributed by atoms with Crippen LogP contribution in [0.4, 0.5) is 0 Å². The highest BCUT2D eigenvalue weighted by Gasteiger charge is 2.21. The van der Waals surface area contributed by atoms with Gasteiger partial charge >= 0.3 is 0 Å². The molecule has 0 bridgehead atoms. The molecule has 3 heteroatoms. The molecule has 1 fully saturated rings. The van der Waals surface area contributed by atoms with Gasteiger partial charge in [0, 0.05) is 13.1 Å². The fourth-order valence-electron chi connectivity index (χ4n) is 2.29. The molecule has 1 aliphatic rings. The monoisotopic (exact) mass is 224 g/mol. The smallest absolute Gasteiger partial charge is 0.233 e. The maximum atomic E-state index is 11.5. The van der Waals surface area contributed by atoms with E-state index in [4.69, 9.17) is 0 Å². The van der Waals surface area contributed by atoms with Crippen LogP contribution < -0.4 is 10.6 Å². The minimum atomic E-state index is 0.0969. The van der Waals surface area contributed by atoms with Crippen LogP contribution in [0.5, 0.6) is 0 Å². The van der Waals surface area contributed by atoms with Crippen LogP contribution in [0.15, 0.2) is 12.7 Å². The molecule has 16 heavy (non-hydrogen) atoms. The summed E-state index contributed by atoms with van der Waals surface area (Å²) in [5, 5.41) is 6.01. The van der Waals surface area contributed by atoms with Crippen molar-refractivity contribution in [2.24, 2.45) is 11.8 Å². The summed E-state index contributed by atoms with van der Waals surface area (Å²) in [6.45, 7) is 7.82. The third-order valence-electron chi connectivity index (χ3n) is 3.42. The van der Waals surface area contributed by atoms with Gasteiger partial charge < -0.3 is 10.6 Å². The van der Waals surface area contributed by atoms with E-state index in [1.165, 1.54) is 25.7 Å². The van der Waals surface area contributed by atoms with Gasteiger partial charge in [-0.25, -0.2) is 0 Å². The molecule has 3 nitrogen and oxygen atoms in total. The molecule has 0 spiro atoms. The van der Waals surface area contributed by atoms with Crippen LogP contribution in [0, 0.1) is 11.8 Å². The standard InChI is InChI=1S/C13H24N2O/c1-3-8-14-10-13(16)15-9-12-7-5-4-6-11(12)2/h3,11-12,14H,1,4-10H2,2H3,(H,15,16). The first-order valence-electron chi connectivity index (χ1n) is 6.32. The molecule has 0 radical (unpaired) electrons. The van der Waals surface area contributed by atoms with E-state index in [2.05, 4.69) is 24.1 Å². The molecule has 0 aliphatic heterocycles. The number of hydrogen-bond donors (Lipinski definition) is 2. The molecule has 0 aromatic rings. The summed E-state index contributed by atoms with van der Waals surface area (Å²) < 4.78 is 0. The van der Waals surface area contributed by atoms with Gasteiger partial charge in [0.15, 0.2) is 0 Å². The topological polar surface area (TPSA) is 41.1 Å². The van der Waals surface area contributed by atoms with Gasteiger partial charge in [0.25, 0.3) is 0 Å². The Bertz CT molecular complexity index is 228. The van der Waals surface area contributed by atoms with Crippen LogP contribution in [-0.4, -0.2) is 25.5 Å². The highest BCUT2D eigenvalue weighted by atomic mass is 16.1.